The molecule has 140 valence electrons. The van der Waals surface area contributed by atoms with Crippen LogP contribution in [0.15, 0.2) is 29.6 Å². The van der Waals surface area contributed by atoms with Crippen molar-refractivity contribution in [2.45, 2.75) is 44.9 Å². The molecule has 3 rings (SSSR count). The molecule has 0 radical (unpaired) electrons. The summed E-state index contributed by atoms with van der Waals surface area (Å²) in [5, 5.41) is 3.81. The number of imidazole rings is 1. The standard InChI is InChI=1S/C19H25N3O3S/c1-5-22-14(13-6-7-15-16(10-13)25-9-8-24-15)11-20-18(22)26-12-17(23)21-19(2,3)4/h6-7,10-11H,5,8-9,12H2,1-4H3,(H,21,23). The van der Waals surface area contributed by atoms with Gasteiger partial charge in [0.15, 0.2) is 16.7 Å². The molecule has 1 aromatic carbocycles. The molecular weight excluding hydrogens is 350 g/mol. The normalized spacial score (nSPS) is 13.5. The van der Waals surface area contributed by atoms with Gasteiger partial charge in [-0.25, -0.2) is 4.98 Å². The van der Waals surface area contributed by atoms with E-state index in [-0.39, 0.29) is 11.4 Å². The Labute approximate surface area is 158 Å². The fourth-order valence-corrected chi connectivity index (χ4v) is 3.64. The molecule has 2 aromatic rings. The molecule has 0 unspecified atom stereocenters. The fraction of sp³-hybridized carbons (Fsp3) is 0.474. The molecule has 1 amide bonds. The van der Waals surface area contributed by atoms with E-state index < -0.39 is 0 Å². The van der Waals surface area contributed by atoms with Crippen LogP contribution in [-0.4, -0.2) is 40.0 Å². The molecule has 0 saturated carbocycles. The van der Waals surface area contributed by atoms with E-state index in [0.29, 0.717) is 19.0 Å². The summed E-state index contributed by atoms with van der Waals surface area (Å²) in [5.41, 5.74) is 1.80. The Kier molecular flexibility index (Phi) is 5.46. The molecule has 0 bridgehead atoms. The Hall–Kier alpha value is -2.15. The van der Waals surface area contributed by atoms with Crippen molar-refractivity contribution in [2.24, 2.45) is 0 Å². The Morgan fingerprint density at radius 3 is 2.69 bits per heavy atom. The second kappa shape index (κ2) is 7.61. The van der Waals surface area contributed by atoms with Gasteiger partial charge in [-0.05, 0) is 45.9 Å². The number of benzene rings is 1. The van der Waals surface area contributed by atoms with Gasteiger partial charge in [-0.3, -0.25) is 4.79 Å². The zero-order chi connectivity index (χ0) is 18.7. The molecule has 0 saturated heterocycles. The summed E-state index contributed by atoms with van der Waals surface area (Å²) in [7, 11) is 0. The second-order valence-electron chi connectivity index (χ2n) is 7.12. The largest absolute Gasteiger partial charge is 0.486 e. The minimum atomic E-state index is -0.228. The van der Waals surface area contributed by atoms with Gasteiger partial charge in [0.05, 0.1) is 17.6 Å². The van der Waals surface area contributed by atoms with Crippen LogP contribution in [0.5, 0.6) is 11.5 Å². The lowest BCUT2D eigenvalue weighted by atomic mass is 10.1. The van der Waals surface area contributed by atoms with Gasteiger partial charge >= 0.3 is 0 Å². The maximum absolute atomic E-state index is 12.1. The van der Waals surface area contributed by atoms with Gasteiger partial charge in [-0.2, -0.15) is 0 Å². The molecule has 1 aliphatic rings. The summed E-state index contributed by atoms with van der Waals surface area (Å²) in [4.78, 5) is 16.6. The maximum atomic E-state index is 12.1. The van der Waals surface area contributed by atoms with Crippen molar-refractivity contribution in [3.63, 3.8) is 0 Å². The molecule has 26 heavy (non-hydrogen) atoms. The number of nitrogens with zero attached hydrogens (tertiary/aromatic N) is 2. The minimum Gasteiger partial charge on any atom is -0.486 e. The molecule has 0 atom stereocenters. The van der Waals surface area contributed by atoms with Crippen molar-refractivity contribution < 1.29 is 14.3 Å². The highest BCUT2D eigenvalue weighted by molar-refractivity contribution is 7.99. The highest BCUT2D eigenvalue weighted by Gasteiger charge is 2.18. The minimum absolute atomic E-state index is 0.00836. The molecule has 0 fully saturated rings. The summed E-state index contributed by atoms with van der Waals surface area (Å²) in [6, 6.07) is 5.93. The van der Waals surface area contributed by atoms with Gasteiger partial charge < -0.3 is 19.4 Å². The predicted molar refractivity (Wildman–Crippen MR) is 103 cm³/mol. The first-order valence-corrected chi connectivity index (χ1v) is 9.75. The number of nitrogens with one attached hydrogen (secondary N) is 1. The number of ether oxygens (including phenoxy) is 2. The number of carbonyl (C=O) groups is 1. The van der Waals surface area contributed by atoms with Gasteiger partial charge in [0.25, 0.3) is 0 Å². The number of amides is 1. The first-order chi connectivity index (χ1) is 12.4. The van der Waals surface area contributed by atoms with Crippen molar-refractivity contribution in [3.05, 3.63) is 24.4 Å². The average Bonchev–Trinajstić information content (AvgIpc) is 3.01. The molecule has 1 N–H and O–H groups in total. The summed E-state index contributed by atoms with van der Waals surface area (Å²) >= 11 is 1.45. The number of hydrogen-bond donors (Lipinski definition) is 1. The lowest BCUT2D eigenvalue weighted by Crippen LogP contribution is -2.41. The average molecular weight is 375 g/mol. The van der Waals surface area contributed by atoms with E-state index in [9.17, 15) is 4.79 Å². The highest BCUT2D eigenvalue weighted by Crippen LogP contribution is 2.35. The summed E-state index contributed by atoms with van der Waals surface area (Å²) < 4.78 is 13.4. The monoisotopic (exact) mass is 375 g/mol. The summed E-state index contributed by atoms with van der Waals surface area (Å²) in [6.07, 6.45) is 1.85. The summed E-state index contributed by atoms with van der Waals surface area (Å²) in [5.74, 6) is 1.89. The molecule has 6 nitrogen and oxygen atoms in total. The quantitative estimate of drug-likeness (QED) is 0.812. The van der Waals surface area contributed by atoms with Crippen LogP contribution >= 0.6 is 11.8 Å². The summed E-state index contributed by atoms with van der Waals surface area (Å²) in [6.45, 7) is 9.91. The lowest BCUT2D eigenvalue weighted by molar-refractivity contribution is -0.119. The van der Waals surface area contributed by atoms with Crippen LogP contribution in [0, 0.1) is 0 Å². The first-order valence-electron chi connectivity index (χ1n) is 8.77. The molecule has 0 aliphatic carbocycles. The Bertz CT molecular complexity index is 796. The van der Waals surface area contributed by atoms with Gasteiger partial charge in [0.1, 0.15) is 13.2 Å². The van der Waals surface area contributed by atoms with Crippen LogP contribution in [0.1, 0.15) is 27.7 Å². The van der Waals surface area contributed by atoms with E-state index in [1.54, 1.807) is 0 Å². The smallest absolute Gasteiger partial charge is 0.230 e. The third-order valence-corrected chi connectivity index (χ3v) is 4.81. The fourth-order valence-electron chi connectivity index (χ4n) is 2.80. The third-order valence-electron chi connectivity index (χ3n) is 3.82. The Morgan fingerprint density at radius 1 is 1.27 bits per heavy atom. The highest BCUT2D eigenvalue weighted by atomic mass is 32.2. The van der Waals surface area contributed by atoms with Crippen LogP contribution in [0.3, 0.4) is 0 Å². The number of carbonyl (C=O) groups excluding carboxylic acids is 1. The molecule has 1 aromatic heterocycles. The Morgan fingerprint density at radius 2 is 2.00 bits per heavy atom. The van der Waals surface area contributed by atoms with E-state index in [4.69, 9.17) is 9.47 Å². The molecular formula is C19H25N3O3S. The zero-order valence-electron chi connectivity index (χ0n) is 15.7. The topological polar surface area (TPSA) is 65.4 Å². The van der Waals surface area contributed by atoms with Crippen molar-refractivity contribution in [1.29, 1.82) is 0 Å². The zero-order valence-corrected chi connectivity index (χ0v) is 16.5. The van der Waals surface area contributed by atoms with Crippen molar-refractivity contribution >= 4 is 17.7 Å². The Balaban J connectivity index is 1.77. The molecule has 2 heterocycles. The van der Waals surface area contributed by atoms with Gasteiger partial charge in [-0.15, -0.1) is 0 Å². The lowest BCUT2D eigenvalue weighted by Gasteiger charge is -2.20. The number of aromatic nitrogens is 2. The van der Waals surface area contributed by atoms with Gasteiger partial charge in [0, 0.05) is 17.6 Å². The van der Waals surface area contributed by atoms with E-state index >= 15 is 0 Å². The number of hydrogen-bond acceptors (Lipinski definition) is 5. The molecule has 7 heteroatoms. The van der Waals surface area contributed by atoms with Crippen LogP contribution in [0.25, 0.3) is 11.3 Å². The third kappa shape index (κ3) is 4.33. The van der Waals surface area contributed by atoms with Gasteiger partial charge in [0.2, 0.25) is 5.91 Å². The van der Waals surface area contributed by atoms with Crippen LogP contribution < -0.4 is 14.8 Å². The van der Waals surface area contributed by atoms with E-state index in [0.717, 1.165) is 34.5 Å². The predicted octanol–water partition coefficient (Wildman–Crippen LogP) is 3.35. The van der Waals surface area contributed by atoms with Crippen LogP contribution in [-0.2, 0) is 11.3 Å². The molecule has 1 aliphatic heterocycles. The van der Waals surface area contributed by atoms with E-state index in [2.05, 4.69) is 21.8 Å². The van der Waals surface area contributed by atoms with Crippen LogP contribution in [0.4, 0.5) is 0 Å². The number of fused-ring (bicyclic) bond motifs is 1. The van der Waals surface area contributed by atoms with Crippen molar-refractivity contribution in [2.75, 3.05) is 19.0 Å². The second-order valence-corrected chi connectivity index (χ2v) is 8.06. The SMILES string of the molecule is CCn1c(-c2ccc3c(c2)OCCO3)cnc1SCC(=O)NC(C)(C)C. The first kappa shape index (κ1) is 18.6. The van der Waals surface area contributed by atoms with E-state index in [1.807, 2.05) is 45.2 Å². The van der Waals surface area contributed by atoms with Crippen LogP contribution in [0.2, 0.25) is 0 Å². The van der Waals surface area contributed by atoms with Crippen molar-refractivity contribution in [1.82, 2.24) is 14.9 Å². The maximum Gasteiger partial charge on any atom is 0.230 e. The van der Waals surface area contributed by atoms with Gasteiger partial charge in [-0.1, -0.05) is 11.8 Å². The van der Waals surface area contributed by atoms with E-state index in [1.165, 1.54) is 11.8 Å². The van der Waals surface area contributed by atoms with Crippen molar-refractivity contribution in [3.8, 4) is 22.8 Å². The number of rotatable bonds is 5. The number of thioether (sulfide) groups is 1. The molecule has 0 spiro atoms.